The Labute approximate surface area is 139 Å². The van der Waals surface area contributed by atoms with Gasteiger partial charge in [-0.2, -0.15) is 0 Å². The van der Waals surface area contributed by atoms with Crippen molar-refractivity contribution in [3.05, 3.63) is 17.6 Å². The predicted octanol–water partition coefficient (Wildman–Crippen LogP) is 1.62. The van der Waals surface area contributed by atoms with Gasteiger partial charge in [-0.25, -0.2) is 9.97 Å². The van der Waals surface area contributed by atoms with E-state index in [-0.39, 0.29) is 0 Å². The summed E-state index contributed by atoms with van der Waals surface area (Å²) in [6, 6.07) is 0.849. The zero-order valence-electron chi connectivity index (χ0n) is 14.1. The van der Waals surface area contributed by atoms with Crippen molar-refractivity contribution in [2.45, 2.75) is 51.0 Å². The van der Waals surface area contributed by atoms with Crippen LogP contribution in [0.5, 0.6) is 0 Å². The first-order valence-corrected chi connectivity index (χ1v) is 9.44. The average Bonchev–Trinajstić information content (AvgIpc) is 2.86. The molecule has 1 aliphatic carbocycles. The zero-order chi connectivity index (χ0) is 15.5. The molecule has 1 saturated heterocycles. The fraction of sp³-hybridized carbons (Fsp3) is 0.778. The summed E-state index contributed by atoms with van der Waals surface area (Å²) in [5.74, 6) is 1.21. The van der Waals surface area contributed by atoms with Gasteiger partial charge in [0.25, 0.3) is 0 Å². The van der Waals surface area contributed by atoms with Crippen LogP contribution in [0.1, 0.15) is 43.4 Å². The highest BCUT2D eigenvalue weighted by atomic mass is 15.3. The third-order valence-corrected chi connectivity index (χ3v) is 5.77. The van der Waals surface area contributed by atoms with Gasteiger partial charge in [-0.3, -0.25) is 4.90 Å². The summed E-state index contributed by atoms with van der Waals surface area (Å²) >= 11 is 0. The molecule has 4 rings (SSSR count). The lowest BCUT2D eigenvalue weighted by molar-refractivity contribution is 0.213. The molecule has 5 heteroatoms. The van der Waals surface area contributed by atoms with Crippen LogP contribution in [0.2, 0.25) is 0 Å². The van der Waals surface area contributed by atoms with Gasteiger partial charge in [-0.15, -0.1) is 0 Å². The minimum absolute atomic E-state index is 0.849. The zero-order valence-corrected chi connectivity index (χ0v) is 14.1. The van der Waals surface area contributed by atoms with Crippen LogP contribution in [0.25, 0.3) is 0 Å². The minimum Gasteiger partial charge on any atom is -0.355 e. The van der Waals surface area contributed by atoms with Crippen LogP contribution in [-0.4, -0.2) is 60.2 Å². The second-order valence-corrected chi connectivity index (χ2v) is 7.19. The van der Waals surface area contributed by atoms with Crippen molar-refractivity contribution < 1.29 is 0 Å². The molecule has 23 heavy (non-hydrogen) atoms. The SMILES string of the molecule is c1nc2c(c(N3CCCN(C4CCCC4)CC3)n1)CCNCC2. The lowest BCUT2D eigenvalue weighted by Gasteiger charge is -2.28. The molecule has 1 saturated carbocycles. The highest BCUT2D eigenvalue weighted by Gasteiger charge is 2.26. The second kappa shape index (κ2) is 7.14. The molecule has 0 radical (unpaired) electrons. The first kappa shape index (κ1) is 15.3. The maximum Gasteiger partial charge on any atom is 0.135 e. The van der Waals surface area contributed by atoms with Gasteiger partial charge >= 0.3 is 0 Å². The van der Waals surface area contributed by atoms with E-state index in [1.54, 1.807) is 6.33 Å². The molecular formula is C18H29N5. The van der Waals surface area contributed by atoms with Crippen LogP contribution < -0.4 is 10.2 Å². The van der Waals surface area contributed by atoms with Gasteiger partial charge in [0.15, 0.2) is 0 Å². The summed E-state index contributed by atoms with van der Waals surface area (Å²) in [5, 5.41) is 3.49. The number of nitrogens with zero attached hydrogens (tertiary/aromatic N) is 4. The van der Waals surface area contributed by atoms with Gasteiger partial charge in [0.05, 0.1) is 5.69 Å². The molecule has 3 aliphatic rings. The molecular weight excluding hydrogens is 286 g/mol. The molecule has 0 unspecified atom stereocenters. The normalized spacial score (nSPS) is 24.3. The molecule has 0 amide bonds. The number of hydrogen-bond donors (Lipinski definition) is 1. The van der Waals surface area contributed by atoms with Gasteiger partial charge in [0.1, 0.15) is 12.1 Å². The predicted molar refractivity (Wildman–Crippen MR) is 93.0 cm³/mol. The number of nitrogens with one attached hydrogen (secondary N) is 1. The maximum atomic E-state index is 4.69. The summed E-state index contributed by atoms with van der Waals surface area (Å²) in [7, 11) is 0. The fourth-order valence-corrected chi connectivity index (χ4v) is 4.51. The van der Waals surface area contributed by atoms with Crippen molar-refractivity contribution in [2.24, 2.45) is 0 Å². The molecule has 0 spiro atoms. The molecule has 126 valence electrons. The van der Waals surface area contributed by atoms with Crippen molar-refractivity contribution >= 4 is 5.82 Å². The van der Waals surface area contributed by atoms with E-state index in [0.29, 0.717) is 0 Å². The number of rotatable bonds is 2. The topological polar surface area (TPSA) is 44.3 Å². The second-order valence-electron chi connectivity index (χ2n) is 7.19. The number of anilines is 1. The van der Waals surface area contributed by atoms with E-state index in [4.69, 9.17) is 4.98 Å². The summed E-state index contributed by atoms with van der Waals surface area (Å²) in [6.07, 6.45) is 10.8. The molecule has 0 bridgehead atoms. The standard InChI is InChI=1S/C18H29N5/c1-2-5-15(4-1)22-10-3-11-23(13-12-22)18-16-6-8-19-9-7-17(16)20-14-21-18/h14-15,19H,1-13H2. The summed E-state index contributed by atoms with van der Waals surface area (Å²) in [5.41, 5.74) is 2.66. The third-order valence-electron chi connectivity index (χ3n) is 5.77. The molecule has 1 aromatic heterocycles. The maximum absolute atomic E-state index is 4.69. The van der Waals surface area contributed by atoms with Gasteiger partial charge in [0.2, 0.25) is 0 Å². The van der Waals surface area contributed by atoms with Crippen LogP contribution in [0, 0.1) is 0 Å². The molecule has 1 aromatic rings. The Kier molecular flexibility index (Phi) is 4.76. The van der Waals surface area contributed by atoms with Gasteiger partial charge in [-0.1, -0.05) is 12.8 Å². The quantitative estimate of drug-likeness (QED) is 0.898. The Balaban J connectivity index is 1.50. The summed E-state index contributed by atoms with van der Waals surface area (Å²) in [4.78, 5) is 14.5. The lowest BCUT2D eigenvalue weighted by atomic mass is 10.1. The Hall–Kier alpha value is -1.20. The van der Waals surface area contributed by atoms with Gasteiger partial charge in [-0.05, 0) is 32.2 Å². The van der Waals surface area contributed by atoms with Crippen molar-refractivity contribution in [2.75, 3.05) is 44.2 Å². The smallest absolute Gasteiger partial charge is 0.135 e. The monoisotopic (exact) mass is 315 g/mol. The van der Waals surface area contributed by atoms with E-state index in [0.717, 1.165) is 45.1 Å². The van der Waals surface area contributed by atoms with Crippen LogP contribution in [-0.2, 0) is 12.8 Å². The van der Waals surface area contributed by atoms with E-state index < -0.39 is 0 Å². The van der Waals surface area contributed by atoms with Crippen LogP contribution >= 0.6 is 0 Å². The molecule has 1 N–H and O–H groups in total. The van der Waals surface area contributed by atoms with E-state index >= 15 is 0 Å². The van der Waals surface area contributed by atoms with Gasteiger partial charge < -0.3 is 10.2 Å². The molecule has 2 fully saturated rings. The average molecular weight is 315 g/mol. The highest BCUT2D eigenvalue weighted by Crippen LogP contribution is 2.27. The van der Waals surface area contributed by atoms with Crippen molar-refractivity contribution in [1.82, 2.24) is 20.2 Å². The molecule has 3 heterocycles. The van der Waals surface area contributed by atoms with Gasteiger partial charge in [0, 0.05) is 50.7 Å². The van der Waals surface area contributed by atoms with E-state index in [1.807, 2.05) is 0 Å². The Morgan fingerprint density at radius 3 is 2.70 bits per heavy atom. The Morgan fingerprint density at radius 2 is 1.78 bits per heavy atom. The van der Waals surface area contributed by atoms with E-state index in [9.17, 15) is 0 Å². The van der Waals surface area contributed by atoms with Crippen LogP contribution in [0.4, 0.5) is 5.82 Å². The minimum atomic E-state index is 0.849. The Bertz CT molecular complexity index is 526. The number of fused-ring (bicyclic) bond motifs is 1. The molecule has 2 aliphatic heterocycles. The first-order chi connectivity index (χ1) is 11.4. The van der Waals surface area contributed by atoms with Crippen molar-refractivity contribution in [1.29, 1.82) is 0 Å². The molecule has 0 atom stereocenters. The lowest BCUT2D eigenvalue weighted by Crippen LogP contribution is -2.37. The summed E-state index contributed by atoms with van der Waals surface area (Å²) in [6.45, 7) is 6.81. The summed E-state index contributed by atoms with van der Waals surface area (Å²) < 4.78 is 0. The first-order valence-electron chi connectivity index (χ1n) is 9.44. The fourth-order valence-electron chi connectivity index (χ4n) is 4.51. The number of hydrogen-bond acceptors (Lipinski definition) is 5. The third kappa shape index (κ3) is 3.36. The van der Waals surface area contributed by atoms with Crippen LogP contribution in [0.3, 0.4) is 0 Å². The highest BCUT2D eigenvalue weighted by molar-refractivity contribution is 5.49. The van der Waals surface area contributed by atoms with E-state index in [1.165, 1.54) is 62.3 Å². The number of aromatic nitrogens is 2. The van der Waals surface area contributed by atoms with E-state index in [2.05, 4.69) is 20.1 Å². The molecule has 5 nitrogen and oxygen atoms in total. The Morgan fingerprint density at radius 1 is 0.913 bits per heavy atom. The van der Waals surface area contributed by atoms with Crippen molar-refractivity contribution in [3.8, 4) is 0 Å². The molecule has 0 aromatic carbocycles. The van der Waals surface area contributed by atoms with Crippen molar-refractivity contribution in [3.63, 3.8) is 0 Å². The largest absolute Gasteiger partial charge is 0.355 e. The van der Waals surface area contributed by atoms with Crippen LogP contribution in [0.15, 0.2) is 6.33 Å².